The minimum Gasteiger partial charge on any atom is -0.390 e. The zero-order valence-electron chi connectivity index (χ0n) is 5.38. The van der Waals surface area contributed by atoms with Gasteiger partial charge >= 0.3 is 0 Å². The normalized spacial score (nSPS) is 41.8. The van der Waals surface area contributed by atoms with Gasteiger partial charge in [-0.05, 0) is 19.3 Å². The first-order chi connectivity index (χ1) is 4.19. The summed E-state index contributed by atoms with van der Waals surface area (Å²) in [6.45, 7) is 3.49. The van der Waals surface area contributed by atoms with Gasteiger partial charge in [-0.3, -0.25) is 0 Å². The summed E-state index contributed by atoms with van der Waals surface area (Å²) in [4.78, 5) is 0. The first-order valence-corrected chi connectivity index (χ1v) is 3.20. The Morgan fingerprint density at radius 2 is 2.44 bits per heavy atom. The van der Waals surface area contributed by atoms with Crippen LogP contribution in [0.4, 0.5) is 0 Å². The maximum absolute atomic E-state index is 9.36. The molecule has 2 nitrogen and oxygen atoms in total. The Kier molecular flexibility index (Phi) is 1.60. The predicted molar refractivity (Wildman–Crippen MR) is 35.0 cm³/mol. The number of hydrogen-bond acceptors (Lipinski definition) is 2. The van der Waals surface area contributed by atoms with Gasteiger partial charge < -0.3 is 10.2 Å². The van der Waals surface area contributed by atoms with Gasteiger partial charge in [-0.25, -0.2) is 0 Å². The van der Waals surface area contributed by atoms with Crippen LogP contribution in [0.2, 0.25) is 0 Å². The van der Waals surface area contributed by atoms with Crippen LogP contribution >= 0.6 is 0 Å². The molecular weight excluding hydrogens is 116 g/mol. The molecule has 2 atom stereocenters. The summed E-state index contributed by atoms with van der Waals surface area (Å²) in [5.41, 5.74) is -0.832. The molecule has 1 fully saturated rings. The molecule has 1 rings (SSSR count). The van der Waals surface area contributed by atoms with Gasteiger partial charge in [-0.15, -0.1) is 6.58 Å². The molecule has 0 amide bonds. The molecule has 52 valence electrons. The number of aliphatic hydroxyl groups is 2. The van der Waals surface area contributed by atoms with Crippen molar-refractivity contribution in [3.8, 4) is 0 Å². The highest BCUT2D eigenvalue weighted by atomic mass is 16.3. The van der Waals surface area contributed by atoms with E-state index in [0.717, 1.165) is 6.42 Å². The third-order valence-electron chi connectivity index (χ3n) is 1.97. The highest BCUT2D eigenvalue weighted by Gasteiger charge is 2.42. The maximum Gasteiger partial charge on any atom is 0.0940 e. The second-order valence-corrected chi connectivity index (χ2v) is 2.65. The largest absolute Gasteiger partial charge is 0.390 e. The Hall–Kier alpha value is -0.340. The van der Waals surface area contributed by atoms with E-state index in [1.807, 2.05) is 0 Å². The van der Waals surface area contributed by atoms with E-state index in [4.69, 9.17) is 5.11 Å². The molecular formula is C7H12O2. The monoisotopic (exact) mass is 128 g/mol. The van der Waals surface area contributed by atoms with Crippen LogP contribution in [0.1, 0.15) is 19.3 Å². The van der Waals surface area contributed by atoms with E-state index in [-0.39, 0.29) is 0 Å². The van der Waals surface area contributed by atoms with Crippen molar-refractivity contribution in [3.05, 3.63) is 12.7 Å². The van der Waals surface area contributed by atoms with Crippen molar-refractivity contribution in [1.82, 2.24) is 0 Å². The first-order valence-electron chi connectivity index (χ1n) is 3.20. The van der Waals surface area contributed by atoms with E-state index < -0.39 is 11.7 Å². The van der Waals surface area contributed by atoms with Crippen LogP contribution in [0.3, 0.4) is 0 Å². The molecule has 1 aliphatic rings. The Bertz CT molecular complexity index is 122. The van der Waals surface area contributed by atoms with E-state index in [2.05, 4.69) is 6.58 Å². The van der Waals surface area contributed by atoms with Gasteiger partial charge in [0.1, 0.15) is 0 Å². The highest BCUT2D eigenvalue weighted by Crippen LogP contribution is 2.35. The fourth-order valence-electron chi connectivity index (χ4n) is 1.09. The van der Waals surface area contributed by atoms with E-state index in [1.165, 1.54) is 0 Å². The van der Waals surface area contributed by atoms with E-state index >= 15 is 0 Å². The number of hydrogen-bond donors (Lipinski definition) is 2. The van der Waals surface area contributed by atoms with Gasteiger partial charge in [0, 0.05) is 0 Å². The van der Waals surface area contributed by atoms with Gasteiger partial charge in [0.25, 0.3) is 0 Å². The summed E-state index contributed by atoms with van der Waals surface area (Å²) in [6, 6.07) is 0. The second-order valence-electron chi connectivity index (χ2n) is 2.65. The standard InChI is InChI=1S/C7H12O2/c1-2-4-7(9)5-3-6(7)8/h2,6,8-9H,1,3-5H2. The van der Waals surface area contributed by atoms with Crippen molar-refractivity contribution in [1.29, 1.82) is 0 Å². The predicted octanol–water partition coefficient (Wildman–Crippen LogP) is 0.448. The molecule has 1 aliphatic carbocycles. The molecule has 2 heteroatoms. The molecule has 0 saturated heterocycles. The summed E-state index contributed by atoms with van der Waals surface area (Å²) in [5.74, 6) is 0. The lowest BCUT2D eigenvalue weighted by Gasteiger charge is -2.41. The molecule has 0 radical (unpaired) electrons. The lowest BCUT2D eigenvalue weighted by atomic mass is 9.75. The Balaban J connectivity index is 2.43. The Morgan fingerprint density at radius 3 is 2.56 bits per heavy atom. The average Bonchev–Trinajstić information content (AvgIpc) is 1.86. The molecule has 0 aromatic heterocycles. The van der Waals surface area contributed by atoms with Crippen molar-refractivity contribution in [3.63, 3.8) is 0 Å². The van der Waals surface area contributed by atoms with Crippen LogP contribution in [0, 0.1) is 0 Å². The molecule has 0 aliphatic heterocycles. The van der Waals surface area contributed by atoms with Crippen molar-refractivity contribution >= 4 is 0 Å². The summed E-state index contributed by atoms with van der Waals surface area (Å²) in [7, 11) is 0. The van der Waals surface area contributed by atoms with Crippen LogP contribution in [0.15, 0.2) is 12.7 Å². The minimum atomic E-state index is -0.832. The lowest BCUT2D eigenvalue weighted by Crippen LogP contribution is -2.50. The SMILES string of the molecule is C=CCC1(O)CCC1O. The number of aliphatic hydroxyl groups excluding tert-OH is 1. The zero-order chi connectivity index (χ0) is 6.91. The fourth-order valence-corrected chi connectivity index (χ4v) is 1.09. The zero-order valence-corrected chi connectivity index (χ0v) is 5.38. The van der Waals surface area contributed by atoms with Gasteiger partial charge in [0.2, 0.25) is 0 Å². The van der Waals surface area contributed by atoms with Gasteiger partial charge in [-0.2, -0.15) is 0 Å². The Morgan fingerprint density at radius 1 is 1.78 bits per heavy atom. The smallest absolute Gasteiger partial charge is 0.0940 e. The molecule has 0 heterocycles. The molecule has 0 spiro atoms. The van der Waals surface area contributed by atoms with Crippen molar-refractivity contribution < 1.29 is 10.2 Å². The van der Waals surface area contributed by atoms with Crippen molar-refractivity contribution in [2.75, 3.05) is 0 Å². The van der Waals surface area contributed by atoms with E-state index in [1.54, 1.807) is 6.08 Å². The molecule has 1 saturated carbocycles. The third-order valence-corrected chi connectivity index (χ3v) is 1.97. The summed E-state index contributed by atoms with van der Waals surface area (Å²) < 4.78 is 0. The van der Waals surface area contributed by atoms with Crippen LogP contribution in [0.25, 0.3) is 0 Å². The van der Waals surface area contributed by atoms with Gasteiger partial charge in [-0.1, -0.05) is 6.08 Å². The molecule has 0 aromatic rings. The van der Waals surface area contributed by atoms with Gasteiger partial charge in [0.05, 0.1) is 11.7 Å². The third kappa shape index (κ3) is 1.00. The van der Waals surface area contributed by atoms with Crippen LogP contribution in [-0.4, -0.2) is 21.9 Å². The molecule has 2 unspecified atom stereocenters. The van der Waals surface area contributed by atoms with Crippen molar-refractivity contribution in [2.24, 2.45) is 0 Å². The van der Waals surface area contributed by atoms with Gasteiger partial charge in [0.15, 0.2) is 0 Å². The van der Waals surface area contributed by atoms with Crippen molar-refractivity contribution in [2.45, 2.75) is 31.0 Å². The number of rotatable bonds is 2. The quantitative estimate of drug-likeness (QED) is 0.530. The molecule has 2 N–H and O–H groups in total. The fraction of sp³-hybridized carbons (Fsp3) is 0.714. The average molecular weight is 128 g/mol. The highest BCUT2D eigenvalue weighted by molar-refractivity contribution is 5.00. The Labute approximate surface area is 54.8 Å². The maximum atomic E-state index is 9.36. The lowest BCUT2D eigenvalue weighted by molar-refractivity contribution is -0.141. The first kappa shape index (κ1) is 6.78. The molecule has 0 aromatic carbocycles. The van der Waals surface area contributed by atoms with Crippen LogP contribution in [0.5, 0.6) is 0 Å². The summed E-state index contributed by atoms with van der Waals surface area (Å²) in [6.07, 6.45) is 3.07. The summed E-state index contributed by atoms with van der Waals surface area (Å²) in [5, 5.41) is 18.4. The second kappa shape index (κ2) is 2.12. The van der Waals surface area contributed by atoms with Crippen LogP contribution < -0.4 is 0 Å². The van der Waals surface area contributed by atoms with Crippen LogP contribution in [-0.2, 0) is 0 Å². The van der Waals surface area contributed by atoms with E-state index in [9.17, 15) is 5.11 Å². The minimum absolute atomic E-state index is 0.508. The van der Waals surface area contributed by atoms with E-state index in [0.29, 0.717) is 12.8 Å². The topological polar surface area (TPSA) is 40.5 Å². The molecule has 9 heavy (non-hydrogen) atoms. The molecule has 0 bridgehead atoms. The summed E-state index contributed by atoms with van der Waals surface area (Å²) >= 11 is 0.